The van der Waals surface area contributed by atoms with Crippen LogP contribution in [-0.2, 0) is 6.54 Å². The molecule has 0 saturated carbocycles. The molecule has 1 unspecified atom stereocenters. The Hall–Kier alpha value is -2.26. The molecule has 0 amide bonds. The number of hydrogen-bond donors (Lipinski definition) is 1. The van der Waals surface area contributed by atoms with Crippen LogP contribution in [0.25, 0.3) is 10.9 Å². The average Bonchev–Trinajstić information content (AvgIpc) is 2.94. The number of nitrogens with zero attached hydrogens (tertiary/aromatic N) is 1. The lowest BCUT2D eigenvalue weighted by Gasteiger charge is -2.27. The van der Waals surface area contributed by atoms with Crippen molar-refractivity contribution >= 4 is 10.9 Å². The van der Waals surface area contributed by atoms with Gasteiger partial charge in [-0.25, -0.2) is 0 Å². The van der Waals surface area contributed by atoms with Crippen molar-refractivity contribution in [2.45, 2.75) is 12.6 Å². The van der Waals surface area contributed by atoms with E-state index in [0.29, 0.717) is 0 Å². The first-order valence-electron chi connectivity index (χ1n) is 7.32. The van der Waals surface area contributed by atoms with Gasteiger partial charge in [0.15, 0.2) is 0 Å². The Morgan fingerprint density at radius 1 is 1.10 bits per heavy atom. The lowest BCUT2D eigenvalue weighted by molar-refractivity contribution is 0.414. The van der Waals surface area contributed by atoms with E-state index in [9.17, 15) is 0 Å². The van der Waals surface area contributed by atoms with Crippen molar-refractivity contribution in [1.29, 1.82) is 0 Å². The number of methoxy groups -OCH3 is 1. The molecule has 1 N–H and O–H groups in total. The number of fused-ring (bicyclic) bond motifs is 3. The van der Waals surface area contributed by atoms with Crippen molar-refractivity contribution < 1.29 is 4.74 Å². The van der Waals surface area contributed by atoms with Gasteiger partial charge in [-0.3, -0.25) is 0 Å². The summed E-state index contributed by atoms with van der Waals surface area (Å²) >= 11 is 0. The largest absolute Gasteiger partial charge is 0.497 e. The number of hydrogen-bond acceptors (Lipinski definition) is 2. The van der Waals surface area contributed by atoms with Crippen LogP contribution in [0.2, 0.25) is 0 Å². The van der Waals surface area contributed by atoms with E-state index in [0.717, 1.165) is 18.8 Å². The summed E-state index contributed by atoms with van der Waals surface area (Å²) in [5.41, 5.74) is 3.94. The van der Waals surface area contributed by atoms with Crippen LogP contribution in [0.3, 0.4) is 0 Å². The molecule has 0 spiro atoms. The van der Waals surface area contributed by atoms with E-state index in [2.05, 4.69) is 52.3 Å². The second kappa shape index (κ2) is 4.93. The fraction of sp³-hybridized carbons (Fsp3) is 0.222. The molecule has 1 aliphatic rings. The molecule has 3 heteroatoms. The number of aromatic nitrogens is 1. The van der Waals surface area contributed by atoms with Crippen LogP contribution in [0.5, 0.6) is 5.75 Å². The van der Waals surface area contributed by atoms with Crippen LogP contribution in [-0.4, -0.2) is 18.2 Å². The third kappa shape index (κ3) is 2.01. The first kappa shape index (κ1) is 12.5. The lowest BCUT2D eigenvalue weighted by atomic mass is 10.0. The molecule has 1 aliphatic heterocycles. The van der Waals surface area contributed by atoms with Gasteiger partial charge in [-0.15, -0.1) is 0 Å². The van der Waals surface area contributed by atoms with Gasteiger partial charge in [-0.05, 0) is 35.2 Å². The van der Waals surface area contributed by atoms with Gasteiger partial charge < -0.3 is 14.6 Å². The van der Waals surface area contributed by atoms with Crippen molar-refractivity contribution in [3.63, 3.8) is 0 Å². The minimum atomic E-state index is 0.247. The second-order valence-corrected chi connectivity index (χ2v) is 5.44. The maximum Gasteiger partial charge on any atom is 0.118 e. The van der Waals surface area contributed by atoms with E-state index >= 15 is 0 Å². The molecule has 3 aromatic rings. The van der Waals surface area contributed by atoms with Gasteiger partial charge in [0.2, 0.25) is 0 Å². The molecule has 0 radical (unpaired) electrons. The van der Waals surface area contributed by atoms with Gasteiger partial charge in [0.1, 0.15) is 5.75 Å². The van der Waals surface area contributed by atoms with Crippen molar-refractivity contribution in [2.24, 2.45) is 0 Å². The zero-order valence-electron chi connectivity index (χ0n) is 12.0. The maximum absolute atomic E-state index is 5.25. The summed E-state index contributed by atoms with van der Waals surface area (Å²) in [7, 11) is 1.70. The Morgan fingerprint density at radius 3 is 2.71 bits per heavy atom. The molecule has 0 aliphatic carbocycles. The Labute approximate surface area is 124 Å². The molecule has 3 nitrogen and oxygen atoms in total. The van der Waals surface area contributed by atoms with E-state index in [4.69, 9.17) is 4.74 Å². The average molecular weight is 278 g/mol. The van der Waals surface area contributed by atoms with Crippen LogP contribution in [0.1, 0.15) is 17.3 Å². The monoisotopic (exact) mass is 278 g/mol. The minimum absolute atomic E-state index is 0.247. The van der Waals surface area contributed by atoms with Crippen molar-refractivity contribution in [2.75, 3.05) is 13.7 Å². The Balaban J connectivity index is 1.82. The third-order valence-electron chi connectivity index (χ3n) is 4.27. The summed E-state index contributed by atoms with van der Waals surface area (Å²) in [6.45, 7) is 2.01. The van der Waals surface area contributed by atoms with Crippen molar-refractivity contribution in [3.8, 4) is 5.75 Å². The maximum atomic E-state index is 5.25. The lowest BCUT2D eigenvalue weighted by Crippen LogP contribution is -2.33. The predicted octanol–water partition coefficient (Wildman–Crippen LogP) is 3.34. The van der Waals surface area contributed by atoms with Gasteiger partial charge in [0.25, 0.3) is 0 Å². The van der Waals surface area contributed by atoms with Crippen molar-refractivity contribution in [1.82, 2.24) is 9.88 Å². The summed E-state index contributed by atoms with van der Waals surface area (Å²) in [4.78, 5) is 0. The molecule has 21 heavy (non-hydrogen) atoms. The summed E-state index contributed by atoms with van der Waals surface area (Å²) < 4.78 is 7.68. The smallest absolute Gasteiger partial charge is 0.118 e. The Morgan fingerprint density at radius 2 is 1.90 bits per heavy atom. The van der Waals surface area contributed by atoms with E-state index < -0.39 is 0 Å². The van der Waals surface area contributed by atoms with Gasteiger partial charge in [0, 0.05) is 24.3 Å². The summed E-state index contributed by atoms with van der Waals surface area (Å²) in [6.07, 6.45) is 0. The zero-order chi connectivity index (χ0) is 14.2. The highest BCUT2D eigenvalue weighted by molar-refractivity contribution is 5.81. The summed E-state index contributed by atoms with van der Waals surface area (Å²) in [5, 5.41) is 4.94. The molecule has 4 rings (SSSR count). The standard InChI is InChI=1S/C18H18N2O/c1-21-15-8-6-13(7-9-15)18-17-12-14-4-2-3-5-16(14)20(17)11-10-19-18/h2-9,12,18-19H,10-11H2,1H3. The molecule has 0 saturated heterocycles. The molecular formula is C18H18N2O. The molecule has 1 aromatic heterocycles. The molecule has 0 bridgehead atoms. The van der Waals surface area contributed by atoms with Crippen LogP contribution in [0, 0.1) is 0 Å². The van der Waals surface area contributed by atoms with Crippen molar-refractivity contribution in [3.05, 3.63) is 65.9 Å². The second-order valence-electron chi connectivity index (χ2n) is 5.44. The van der Waals surface area contributed by atoms with Crippen LogP contribution in [0.15, 0.2) is 54.6 Å². The molecule has 1 atom stereocenters. The van der Waals surface area contributed by atoms with Gasteiger partial charge in [0.05, 0.1) is 13.2 Å². The summed E-state index contributed by atoms with van der Waals surface area (Å²) in [6, 6.07) is 19.5. The molecular weight excluding hydrogens is 260 g/mol. The minimum Gasteiger partial charge on any atom is -0.497 e. The van der Waals surface area contributed by atoms with Gasteiger partial charge in [-0.1, -0.05) is 30.3 Å². The van der Waals surface area contributed by atoms with Crippen LogP contribution < -0.4 is 10.1 Å². The van der Waals surface area contributed by atoms with Crippen LogP contribution >= 0.6 is 0 Å². The Bertz CT molecular complexity index is 774. The first-order chi connectivity index (χ1) is 10.4. The quantitative estimate of drug-likeness (QED) is 0.778. The highest BCUT2D eigenvalue weighted by Crippen LogP contribution is 2.31. The number of para-hydroxylation sites is 1. The fourth-order valence-corrected chi connectivity index (χ4v) is 3.23. The predicted molar refractivity (Wildman–Crippen MR) is 84.8 cm³/mol. The van der Waals surface area contributed by atoms with Crippen LogP contribution in [0.4, 0.5) is 0 Å². The van der Waals surface area contributed by atoms with E-state index in [1.807, 2.05) is 12.1 Å². The number of ether oxygens (including phenoxy) is 1. The van der Waals surface area contributed by atoms with E-state index in [1.165, 1.54) is 22.2 Å². The zero-order valence-corrected chi connectivity index (χ0v) is 12.0. The SMILES string of the molecule is COc1ccc(C2NCCn3c2cc2ccccc23)cc1. The summed E-state index contributed by atoms with van der Waals surface area (Å²) in [5.74, 6) is 0.898. The highest BCUT2D eigenvalue weighted by atomic mass is 16.5. The molecule has 106 valence electrons. The van der Waals surface area contributed by atoms with Gasteiger partial charge in [-0.2, -0.15) is 0 Å². The van der Waals surface area contributed by atoms with E-state index in [1.54, 1.807) is 7.11 Å². The fourth-order valence-electron chi connectivity index (χ4n) is 3.23. The molecule has 2 aromatic carbocycles. The number of nitrogens with one attached hydrogen (secondary N) is 1. The third-order valence-corrected chi connectivity index (χ3v) is 4.27. The number of benzene rings is 2. The molecule has 0 fully saturated rings. The first-order valence-corrected chi connectivity index (χ1v) is 7.32. The van der Waals surface area contributed by atoms with E-state index in [-0.39, 0.29) is 6.04 Å². The molecule has 2 heterocycles. The normalized spacial score (nSPS) is 17.7. The highest BCUT2D eigenvalue weighted by Gasteiger charge is 2.23. The number of rotatable bonds is 2. The Kier molecular flexibility index (Phi) is 2.93. The van der Waals surface area contributed by atoms with Gasteiger partial charge >= 0.3 is 0 Å². The topological polar surface area (TPSA) is 26.2 Å².